The first-order valence-electron chi connectivity index (χ1n) is 31.0. The van der Waals surface area contributed by atoms with Crippen LogP contribution in [0.4, 0.5) is 45.5 Å². The van der Waals surface area contributed by atoms with Crippen LogP contribution in [-0.2, 0) is 37.9 Å². The highest BCUT2D eigenvalue weighted by Gasteiger charge is 2.61. The van der Waals surface area contributed by atoms with E-state index >= 15 is 0 Å². The summed E-state index contributed by atoms with van der Waals surface area (Å²) in [6.07, 6.45) is 5.74. The minimum absolute atomic E-state index is 0.0127. The number of nitrogens with zero attached hydrogens (tertiary/aromatic N) is 3. The molecule has 0 aromatic heterocycles. The van der Waals surface area contributed by atoms with E-state index in [0.717, 1.165) is 19.3 Å². The van der Waals surface area contributed by atoms with Crippen LogP contribution in [0.25, 0.3) is 22.3 Å². The molecule has 14 rings (SSSR count). The van der Waals surface area contributed by atoms with Gasteiger partial charge in [0.2, 0.25) is 0 Å². The molecule has 0 N–H and O–H groups in total. The van der Waals surface area contributed by atoms with Crippen molar-refractivity contribution in [3.63, 3.8) is 0 Å². The van der Waals surface area contributed by atoms with Crippen LogP contribution in [0, 0.1) is 0 Å². The second kappa shape index (κ2) is 17.2. The van der Waals surface area contributed by atoms with E-state index in [9.17, 15) is 0 Å². The molecule has 8 aromatic rings. The van der Waals surface area contributed by atoms with Gasteiger partial charge >= 0.3 is 0 Å². The van der Waals surface area contributed by atoms with E-state index in [2.05, 4.69) is 284 Å². The van der Waals surface area contributed by atoms with E-state index in [4.69, 9.17) is 0 Å². The van der Waals surface area contributed by atoms with Crippen LogP contribution in [-0.4, -0.2) is 12.3 Å². The molecule has 416 valence electrons. The summed E-state index contributed by atoms with van der Waals surface area (Å²) >= 11 is 0. The predicted octanol–water partition coefficient (Wildman–Crippen LogP) is 19.3. The molecule has 6 bridgehead atoms. The van der Waals surface area contributed by atoms with Crippen molar-refractivity contribution in [3.05, 3.63) is 196 Å². The molecular formula is C78H86BN3. The van der Waals surface area contributed by atoms with Gasteiger partial charge in [0, 0.05) is 56.1 Å². The molecule has 8 aromatic carbocycles. The number of fused-ring (bicyclic) bond motifs is 7. The third-order valence-electron chi connectivity index (χ3n) is 21.7. The van der Waals surface area contributed by atoms with Crippen molar-refractivity contribution in [2.45, 2.75) is 193 Å². The zero-order chi connectivity index (χ0) is 57.8. The van der Waals surface area contributed by atoms with Crippen LogP contribution in [0.3, 0.4) is 0 Å². The van der Waals surface area contributed by atoms with E-state index in [1.807, 2.05) is 0 Å². The summed E-state index contributed by atoms with van der Waals surface area (Å²) in [4.78, 5) is 8.36. The first-order valence-corrected chi connectivity index (χ1v) is 31.0. The van der Waals surface area contributed by atoms with Crippen molar-refractivity contribution in [3.8, 4) is 22.3 Å². The van der Waals surface area contributed by atoms with Crippen molar-refractivity contribution in [2.24, 2.45) is 0 Å². The van der Waals surface area contributed by atoms with Gasteiger partial charge in [-0.1, -0.05) is 202 Å². The van der Waals surface area contributed by atoms with E-state index in [1.54, 1.807) is 5.56 Å². The summed E-state index contributed by atoms with van der Waals surface area (Å²) in [6, 6.07) is 61.2. The van der Waals surface area contributed by atoms with E-state index in [0.29, 0.717) is 0 Å². The fourth-order valence-corrected chi connectivity index (χ4v) is 16.4. The lowest BCUT2D eigenvalue weighted by atomic mass is 9.33. The van der Waals surface area contributed by atoms with Gasteiger partial charge in [-0.05, 0) is 198 Å². The summed E-state index contributed by atoms with van der Waals surface area (Å²) in [6.45, 7) is 41.7. The Labute approximate surface area is 492 Å². The topological polar surface area (TPSA) is 9.72 Å². The van der Waals surface area contributed by atoms with Crippen molar-refractivity contribution in [1.29, 1.82) is 0 Å². The van der Waals surface area contributed by atoms with Gasteiger partial charge in [0.15, 0.2) is 0 Å². The molecule has 0 radical (unpaired) electrons. The first kappa shape index (κ1) is 53.2. The second-order valence-electron chi connectivity index (χ2n) is 31.4. The Kier molecular flexibility index (Phi) is 11.2. The number of anilines is 8. The zero-order valence-corrected chi connectivity index (χ0v) is 52.4. The summed E-state index contributed by atoms with van der Waals surface area (Å²) in [5.74, 6) is 0. The van der Waals surface area contributed by atoms with Gasteiger partial charge in [0.25, 0.3) is 6.71 Å². The molecular weight excluding hydrogens is 990 g/mol. The van der Waals surface area contributed by atoms with Crippen LogP contribution in [0.1, 0.15) is 194 Å². The Bertz CT molecular complexity index is 3990. The smallest absolute Gasteiger partial charge is 0.252 e. The van der Waals surface area contributed by atoms with Gasteiger partial charge in [0.05, 0.1) is 16.9 Å². The zero-order valence-electron chi connectivity index (χ0n) is 52.4. The molecule has 4 heteroatoms. The van der Waals surface area contributed by atoms with Gasteiger partial charge in [-0.25, -0.2) is 0 Å². The second-order valence-corrected chi connectivity index (χ2v) is 31.4. The standard InChI is InChI=1S/C78H86BN3/c1-71(2,3)50-29-32-63(54(39-50)48-25-20-18-21-26-48)80-65-34-31-53-43-61(65)79-62-45-58-57(75(13,14)37-38-76(58,15)59-47-66-60(44-56(59)74(10,11)12)77(16)35-24-36-78(77,17)82(53)66)46-67(62)81(69-42-52(73(7,8)9)41-68(80)70(69)79)64-33-30-51(72(4,5)6)40-55(64)49-27-22-19-23-28-49/h18-23,25-34,39-47H,24,35-38H2,1-17H3. The van der Waals surface area contributed by atoms with Gasteiger partial charge < -0.3 is 14.7 Å². The molecule has 0 amide bonds. The van der Waals surface area contributed by atoms with Crippen LogP contribution in [0.5, 0.6) is 0 Å². The van der Waals surface area contributed by atoms with Gasteiger partial charge in [-0.15, -0.1) is 0 Å². The van der Waals surface area contributed by atoms with Crippen molar-refractivity contribution < 1.29 is 0 Å². The van der Waals surface area contributed by atoms with Crippen LogP contribution < -0.4 is 31.1 Å². The summed E-state index contributed by atoms with van der Waals surface area (Å²) < 4.78 is 0. The minimum atomic E-state index is -0.258. The van der Waals surface area contributed by atoms with E-state index in [-0.39, 0.29) is 50.2 Å². The fourth-order valence-electron chi connectivity index (χ4n) is 16.4. The number of hydrogen-bond acceptors (Lipinski definition) is 3. The van der Waals surface area contributed by atoms with Crippen LogP contribution >= 0.6 is 0 Å². The average Bonchev–Trinajstić information content (AvgIpc) is 1.34. The normalized spacial score (nSPS) is 21.9. The maximum Gasteiger partial charge on any atom is 0.252 e. The van der Waals surface area contributed by atoms with Gasteiger partial charge in [0.1, 0.15) is 0 Å². The Balaban J connectivity index is 1.19. The number of rotatable bonds is 4. The Morgan fingerprint density at radius 1 is 0.390 bits per heavy atom. The largest absolute Gasteiger partial charge is 0.334 e. The van der Waals surface area contributed by atoms with Crippen molar-refractivity contribution >= 4 is 68.6 Å². The lowest BCUT2D eigenvalue weighted by molar-refractivity contribution is 0.330. The highest BCUT2D eigenvalue weighted by atomic mass is 15.3. The Hall–Kier alpha value is -6.78. The molecule has 0 spiro atoms. The first-order chi connectivity index (χ1) is 38.5. The molecule has 2 aliphatic carbocycles. The number of hydrogen-bond donors (Lipinski definition) is 0. The molecule has 0 saturated heterocycles. The molecule has 6 aliphatic rings. The number of benzene rings is 8. The molecule has 3 nitrogen and oxygen atoms in total. The summed E-state index contributed by atoms with van der Waals surface area (Å²) in [5.41, 5.74) is 30.1. The average molecular weight is 1080 g/mol. The Morgan fingerprint density at radius 3 is 1.46 bits per heavy atom. The molecule has 3 atom stereocenters. The van der Waals surface area contributed by atoms with E-state index < -0.39 is 0 Å². The van der Waals surface area contributed by atoms with Crippen molar-refractivity contribution in [1.82, 2.24) is 0 Å². The maximum absolute atomic E-state index is 2.88. The van der Waals surface area contributed by atoms with Crippen LogP contribution in [0.15, 0.2) is 152 Å². The van der Waals surface area contributed by atoms with Gasteiger partial charge in [-0.2, -0.15) is 0 Å². The molecule has 3 unspecified atom stereocenters. The summed E-state index contributed by atoms with van der Waals surface area (Å²) in [5, 5.41) is 0. The third kappa shape index (κ3) is 7.46. The van der Waals surface area contributed by atoms with Crippen molar-refractivity contribution in [2.75, 3.05) is 14.7 Å². The fraction of sp³-hybridized carbons (Fsp3) is 0.385. The molecule has 82 heavy (non-hydrogen) atoms. The van der Waals surface area contributed by atoms with E-state index in [1.165, 1.54) is 136 Å². The quantitative estimate of drug-likeness (QED) is 0.163. The van der Waals surface area contributed by atoms with Gasteiger partial charge in [-0.3, -0.25) is 0 Å². The molecule has 4 heterocycles. The lowest BCUT2D eigenvalue weighted by Gasteiger charge is -2.50. The summed E-state index contributed by atoms with van der Waals surface area (Å²) in [7, 11) is 0. The lowest BCUT2D eigenvalue weighted by Crippen LogP contribution is -2.62. The van der Waals surface area contributed by atoms with Crippen LogP contribution in [0.2, 0.25) is 0 Å². The highest BCUT2D eigenvalue weighted by Crippen LogP contribution is 2.65. The molecule has 1 fully saturated rings. The Morgan fingerprint density at radius 2 is 0.915 bits per heavy atom. The monoisotopic (exact) mass is 1080 g/mol. The third-order valence-corrected chi connectivity index (χ3v) is 21.7. The predicted molar refractivity (Wildman–Crippen MR) is 353 cm³/mol. The maximum atomic E-state index is 2.88. The SMILES string of the molecule is CC(C)(C)c1ccc(N2c3ccc4cc3B3c5cc6c(cc5N(c5ccc(C(C)(C)C)cc5-c5ccccc5)c5cc(C(C)(C)C)cc2c53)C(C)(C)CCC6(C)c2cc3c(cc2C(C)(C)C)C2(C)CCCC2(C)N43)c(-c2ccccc2)c1. The molecule has 1 saturated carbocycles. The minimum Gasteiger partial charge on any atom is -0.334 e. The highest BCUT2D eigenvalue weighted by molar-refractivity contribution is 7.00. The molecule has 4 aliphatic heterocycles.